The van der Waals surface area contributed by atoms with Gasteiger partial charge in [0.05, 0.1) is 18.2 Å². The molecule has 0 atom stereocenters. The minimum Gasteiger partial charge on any atom is -0.349 e. The van der Waals surface area contributed by atoms with Crippen molar-refractivity contribution in [3.63, 3.8) is 0 Å². The summed E-state index contributed by atoms with van der Waals surface area (Å²) in [6.45, 7) is 1.07. The molecule has 3 amide bonds. The third-order valence-electron chi connectivity index (χ3n) is 4.30. The molecule has 0 fully saturated rings. The van der Waals surface area contributed by atoms with Gasteiger partial charge in [-0.2, -0.15) is 0 Å². The molecule has 2 heterocycles. The smallest absolute Gasteiger partial charge is 0.276 e. The van der Waals surface area contributed by atoms with Crippen molar-refractivity contribution in [2.24, 2.45) is 0 Å². The lowest BCUT2D eigenvalue weighted by Crippen LogP contribution is -2.32. The van der Waals surface area contributed by atoms with Crippen LogP contribution in [0.25, 0.3) is 0 Å². The van der Waals surface area contributed by atoms with Gasteiger partial charge in [-0.25, -0.2) is 14.4 Å². The fraction of sp³-hybridized carbons (Fsp3) is 0.190. The van der Waals surface area contributed by atoms with Gasteiger partial charge in [0.2, 0.25) is 0 Å². The molecule has 4 N–H and O–H groups in total. The van der Waals surface area contributed by atoms with E-state index in [-0.39, 0.29) is 22.8 Å². The van der Waals surface area contributed by atoms with Gasteiger partial charge in [-0.3, -0.25) is 14.4 Å². The van der Waals surface area contributed by atoms with Gasteiger partial charge in [0.15, 0.2) is 5.69 Å². The van der Waals surface area contributed by atoms with E-state index in [0.29, 0.717) is 18.8 Å². The fourth-order valence-corrected chi connectivity index (χ4v) is 2.64. The van der Waals surface area contributed by atoms with E-state index < -0.39 is 23.5 Å². The third kappa shape index (κ3) is 5.95. The Morgan fingerprint density at radius 2 is 1.72 bits per heavy atom. The van der Waals surface area contributed by atoms with Crippen LogP contribution < -0.4 is 16.0 Å². The number of benzene rings is 1. The van der Waals surface area contributed by atoms with Crippen LogP contribution in [0.2, 0.25) is 0 Å². The first-order chi connectivity index (χ1) is 15.3. The van der Waals surface area contributed by atoms with Crippen LogP contribution in [0.5, 0.6) is 0 Å². The number of nitrogens with zero attached hydrogens (tertiary/aromatic N) is 3. The Morgan fingerprint density at radius 1 is 0.969 bits per heavy atom. The van der Waals surface area contributed by atoms with E-state index in [0.717, 1.165) is 0 Å². The maximum Gasteiger partial charge on any atom is 0.276 e. The molecule has 0 aliphatic heterocycles. The Hall–Kier alpha value is -4.12. The van der Waals surface area contributed by atoms with Crippen LogP contribution in [0, 0.1) is 5.82 Å². The topological polar surface area (TPSA) is 132 Å². The summed E-state index contributed by atoms with van der Waals surface area (Å²) in [4.78, 5) is 49.6. The minimum absolute atomic E-state index is 0.0531. The van der Waals surface area contributed by atoms with Gasteiger partial charge < -0.3 is 25.8 Å². The van der Waals surface area contributed by atoms with Gasteiger partial charge in [0.1, 0.15) is 17.3 Å². The second-order valence-electron chi connectivity index (χ2n) is 7.03. The number of anilines is 2. The largest absolute Gasteiger partial charge is 0.349 e. The second-order valence-corrected chi connectivity index (χ2v) is 7.03. The first-order valence-corrected chi connectivity index (χ1v) is 9.64. The molecule has 10 nitrogen and oxygen atoms in total. The molecule has 11 heteroatoms. The number of hydrogen-bond acceptors (Lipinski definition) is 6. The van der Waals surface area contributed by atoms with Gasteiger partial charge in [-0.15, -0.1) is 0 Å². The third-order valence-corrected chi connectivity index (χ3v) is 4.30. The molecule has 1 aromatic carbocycles. The number of carbonyl (C=O) groups is 3. The highest BCUT2D eigenvalue weighted by molar-refractivity contribution is 6.10. The molecule has 0 unspecified atom stereocenters. The highest BCUT2D eigenvalue weighted by atomic mass is 19.1. The predicted octanol–water partition coefficient (Wildman–Crippen LogP) is 1.74. The van der Waals surface area contributed by atoms with Gasteiger partial charge in [0, 0.05) is 18.7 Å². The van der Waals surface area contributed by atoms with Gasteiger partial charge in [0.25, 0.3) is 17.7 Å². The molecule has 0 saturated heterocycles. The monoisotopic (exact) mass is 439 g/mol. The number of likely N-dealkylation sites (N-methyl/N-ethyl adjacent to an activating group) is 1. The van der Waals surface area contributed by atoms with Crippen LogP contribution in [0.3, 0.4) is 0 Å². The van der Waals surface area contributed by atoms with E-state index >= 15 is 0 Å². The van der Waals surface area contributed by atoms with Crippen LogP contribution >= 0.6 is 0 Å². The first kappa shape index (κ1) is 22.6. The van der Waals surface area contributed by atoms with E-state index in [1.54, 1.807) is 0 Å². The summed E-state index contributed by atoms with van der Waals surface area (Å²) in [6.07, 6.45) is 2.61. The number of H-pyrrole nitrogens is 1. The molecule has 0 saturated carbocycles. The zero-order valence-electron chi connectivity index (χ0n) is 17.5. The SMILES string of the molecule is CN(C)CCNC(=O)c1[nH]cnc1C(=O)Nc1ccc(NC(=O)c2ccc(F)cc2)nc1. The summed E-state index contributed by atoms with van der Waals surface area (Å²) in [5, 5.41) is 7.90. The Bertz CT molecular complexity index is 1100. The fourth-order valence-electron chi connectivity index (χ4n) is 2.64. The summed E-state index contributed by atoms with van der Waals surface area (Å²) in [5.74, 6) is -1.67. The number of hydrogen-bond donors (Lipinski definition) is 4. The summed E-state index contributed by atoms with van der Waals surface area (Å²) < 4.78 is 13.0. The minimum atomic E-state index is -0.589. The standard InChI is InChI=1S/C21H22FN7O3/c1-29(2)10-9-23-20(31)17-18(26-12-25-17)21(32)27-15-7-8-16(24-11-15)28-19(30)13-3-5-14(22)6-4-13/h3-8,11-12H,9-10H2,1-2H3,(H,23,31)(H,25,26)(H,27,32)(H,24,28,30). The number of nitrogens with one attached hydrogen (secondary N) is 4. The molecule has 0 aliphatic carbocycles. The number of carbonyl (C=O) groups excluding carboxylic acids is 3. The van der Waals surface area contributed by atoms with E-state index in [1.807, 2.05) is 19.0 Å². The van der Waals surface area contributed by atoms with Crippen molar-refractivity contribution in [1.29, 1.82) is 0 Å². The summed E-state index contributed by atoms with van der Waals surface area (Å²) in [5.41, 5.74) is 0.621. The number of imidazole rings is 1. The Labute approximate surface area is 183 Å². The van der Waals surface area contributed by atoms with Crippen LogP contribution in [-0.4, -0.2) is 64.8 Å². The molecule has 0 spiro atoms. The van der Waals surface area contributed by atoms with Crippen molar-refractivity contribution in [3.05, 3.63) is 71.7 Å². The van der Waals surface area contributed by atoms with Crippen LogP contribution in [-0.2, 0) is 0 Å². The van der Waals surface area contributed by atoms with Crippen LogP contribution in [0.1, 0.15) is 31.3 Å². The van der Waals surface area contributed by atoms with Crippen LogP contribution in [0.15, 0.2) is 48.9 Å². The quantitative estimate of drug-likeness (QED) is 0.423. The maximum absolute atomic E-state index is 13.0. The van der Waals surface area contributed by atoms with E-state index in [9.17, 15) is 18.8 Å². The van der Waals surface area contributed by atoms with Gasteiger partial charge in [-0.05, 0) is 50.5 Å². The molecule has 2 aromatic heterocycles. The van der Waals surface area contributed by atoms with Gasteiger partial charge in [-0.1, -0.05) is 0 Å². The van der Waals surface area contributed by atoms with Crippen molar-refractivity contribution in [1.82, 2.24) is 25.2 Å². The molecule has 166 valence electrons. The highest BCUT2D eigenvalue weighted by Gasteiger charge is 2.20. The number of amides is 3. The molecular weight excluding hydrogens is 417 g/mol. The van der Waals surface area contributed by atoms with Crippen molar-refractivity contribution in [2.75, 3.05) is 37.8 Å². The number of rotatable bonds is 8. The lowest BCUT2D eigenvalue weighted by Gasteiger charge is -2.10. The number of aromatic nitrogens is 3. The molecule has 32 heavy (non-hydrogen) atoms. The molecule has 3 rings (SSSR count). The molecule has 0 radical (unpaired) electrons. The predicted molar refractivity (Wildman–Crippen MR) is 116 cm³/mol. The summed E-state index contributed by atoms with van der Waals surface area (Å²) in [7, 11) is 3.77. The molecular formula is C21H22FN7O3. The Balaban J connectivity index is 1.59. The van der Waals surface area contributed by atoms with Crippen LogP contribution in [0.4, 0.5) is 15.9 Å². The lowest BCUT2D eigenvalue weighted by molar-refractivity contribution is 0.0933. The summed E-state index contributed by atoms with van der Waals surface area (Å²) in [6, 6.07) is 8.12. The number of pyridine rings is 1. The molecule has 3 aromatic rings. The first-order valence-electron chi connectivity index (χ1n) is 9.64. The zero-order chi connectivity index (χ0) is 23.1. The molecule has 0 aliphatic rings. The second kappa shape index (κ2) is 10.3. The zero-order valence-corrected chi connectivity index (χ0v) is 17.5. The van der Waals surface area contributed by atoms with Crippen molar-refractivity contribution in [2.45, 2.75) is 0 Å². The Kier molecular flexibility index (Phi) is 7.24. The highest BCUT2D eigenvalue weighted by Crippen LogP contribution is 2.13. The van der Waals surface area contributed by atoms with E-state index in [2.05, 4.69) is 30.9 Å². The lowest BCUT2D eigenvalue weighted by atomic mass is 10.2. The van der Waals surface area contributed by atoms with Gasteiger partial charge >= 0.3 is 0 Å². The normalized spacial score (nSPS) is 10.6. The average molecular weight is 439 g/mol. The molecule has 0 bridgehead atoms. The maximum atomic E-state index is 13.0. The average Bonchev–Trinajstić information content (AvgIpc) is 3.25. The van der Waals surface area contributed by atoms with E-state index in [1.165, 1.54) is 48.9 Å². The number of aromatic amines is 1. The van der Waals surface area contributed by atoms with Crippen molar-refractivity contribution in [3.8, 4) is 0 Å². The van der Waals surface area contributed by atoms with E-state index in [4.69, 9.17) is 0 Å². The Morgan fingerprint density at radius 3 is 2.38 bits per heavy atom. The summed E-state index contributed by atoms with van der Waals surface area (Å²) >= 11 is 0. The number of halogens is 1. The van der Waals surface area contributed by atoms with Crippen molar-refractivity contribution >= 4 is 29.2 Å². The van der Waals surface area contributed by atoms with Crippen molar-refractivity contribution < 1.29 is 18.8 Å².